The lowest BCUT2D eigenvalue weighted by molar-refractivity contribution is 0.0667. The van der Waals surface area contributed by atoms with Gasteiger partial charge in [0.15, 0.2) is 0 Å². The quantitative estimate of drug-likeness (QED) is 0.623. The summed E-state index contributed by atoms with van der Waals surface area (Å²) in [6, 6.07) is 4.53. The summed E-state index contributed by atoms with van der Waals surface area (Å²) in [5.74, 6) is 0.491. The number of amides is 1. The number of hydrogen-bond acceptors (Lipinski definition) is 5. The zero-order valence-corrected chi connectivity index (χ0v) is 20.9. The van der Waals surface area contributed by atoms with Crippen molar-refractivity contribution in [2.45, 2.75) is 62.4 Å². The Bertz CT molecular complexity index is 904. The van der Waals surface area contributed by atoms with Crippen molar-refractivity contribution < 1.29 is 17.9 Å². The van der Waals surface area contributed by atoms with Gasteiger partial charge in [0.2, 0.25) is 10.0 Å². The van der Waals surface area contributed by atoms with Crippen LogP contribution in [0.25, 0.3) is 0 Å². The van der Waals surface area contributed by atoms with Gasteiger partial charge in [0.25, 0.3) is 5.91 Å². The topological polar surface area (TPSA) is 78.9 Å². The van der Waals surface area contributed by atoms with Crippen molar-refractivity contribution in [1.82, 2.24) is 14.5 Å². The largest absolute Gasteiger partial charge is 0.377 e. The molecule has 7 nitrogen and oxygen atoms in total. The summed E-state index contributed by atoms with van der Waals surface area (Å²) >= 11 is 6.21. The molecule has 0 radical (unpaired) electrons. The van der Waals surface area contributed by atoms with Gasteiger partial charge in [0.05, 0.1) is 11.1 Å². The van der Waals surface area contributed by atoms with Gasteiger partial charge in [-0.05, 0) is 75.7 Å². The van der Waals surface area contributed by atoms with Crippen molar-refractivity contribution in [2.24, 2.45) is 5.92 Å². The molecule has 1 amide bonds. The van der Waals surface area contributed by atoms with E-state index < -0.39 is 10.0 Å². The fourth-order valence-electron chi connectivity index (χ4n) is 5.11. The Labute approximate surface area is 202 Å². The second-order valence-electron chi connectivity index (χ2n) is 9.58. The number of hydrogen-bond donors (Lipinski definition) is 1. The summed E-state index contributed by atoms with van der Waals surface area (Å²) < 4.78 is 33.8. The van der Waals surface area contributed by atoms with Gasteiger partial charge >= 0.3 is 0 Å². The van der Waals surface area contributed by atoms with Gasteiger partial charge in [-0.15, -0.1) is 0 Å². The molecule has 1 atom stereocenters. The third kappa shape index (κ3) is 6.69. The van der Waals surface area contributed by atoms with Crippen LogP contribution in [0.2, 0.25) is 5.02 Å². The normalized spacial score (nSPS) is 23.5. The zero-order valence-electron chi connectivity index (χ0n) is 19.3. The van der Waals surface area contributed by atoms with Crippen molar-refractivity contribution in [1.29, 1.82) is 0 Å². The van der Waals surface area contributed by atoms with Crippen LogP contribution in [0.4, 0.5) is 0 Å². The molecule has 9 heteroatoms. The highest BCUT2D eigenvalue weighted by atomic mass is 35.5. The van der Waals surface area contributed by atoms with E-state index in [2.05, 4.69) is 9.62 Å². The van der Waals surface area contributed by atoms with Gasteiger partial charge in [0, 0.05) is 38.3 Å². The van der Waals surface area contributed by atoms with E-state index >= 15 is 0 Å². The van der Waals surface area contributed by atoms with Crippen LogP contribution >= 0.6 is 11.6 Å². The molecule has 184 valence electrons. The number of piperidine rings is 1. The van der Waals surface area contributed by atoms with E-state index in [0.29, 0.717) is 31.2 Å². The minimum absolute atomic E-state index is 0.0518. The molecule has 0 aliphatic carbocycles. The fourth-order valence-corrected chi connectivity index (χ4v) is 6.70. The van der Waals surface area contributed by atoms with Crippen LogP contribution in [0.15, 0.2) is 23.1 Å². The van der Waals surface area contributed by atoms with Crippen molar-refractivity contribution in [3.05, 3.63) is 28.8 Å². The molecule has 0 spiro atoms. The first-order valence-electron chi connectivity index (χ1n) is 12.3. The molecule has 0 bridgehead atoms. The SMILES string of the molecule is O=C(c1ccc(Cl)c(S(=O)(=O)NCC2CCCO2)c1)N1CCC(CN2CCCCCC2)CC1. The van der Waals surface area contributed by atoms with Gasteiger partial charge in [-0.2, -0.15) is 0 Å². The maximum absolute atomic E-state index is 13.1. The average molecular weight is 498 g/mol. The highest BCUT2D eigenvalue weighted by Gasteiger charge is 2.27. The summed E-state index contributed by atoms with van der Waals surface area (Å²) in [4.78, 5) is 17.5. The maximum atomic E-state index is 13.1. The second-order valence-corrected chi connectivity index (χ2v) is 11.7. The second kappa shape index (κ2) is 11.5. The third-order valence-corrected chi connectivity index (χ3v) is 9.01. The highest BCUT2D eigenvalue weighted by Crippen LogP contribution is 2.26. The molecule has 3 saturated heterocycles. The molecule has 0 saturated carbocycles. The Kier molecular flexibility index (Phi) is 8.68. The van der Waals surface area contributed by atoms with E-state index in [1.54, 1.807) is 6.07 Å². The number of nitrogens with one attached hydrogen (secondary N) is 1. The predicted octanol–water partition coefficient (Wildman–Crippen LogP) is 3.53. The lowest BCUT2D eigenvalue weighted by Gasteiger charge is -2.34. The van der Waals surface area contributed by atoms with Gasteiger partial charge in [-0.3, -0.25) is 4.79 Å². The molecular formula is C24H36ClN3O4S. The van der Waals surface area contributed by atoms with E-state index in [9.17, 15) is 13.2 Å². The molecule has 1 N–H and O–H groups in total. The first-order chi connectivity index (χ1) is 15.9. The summed E-state index contributed by atoms with van der Waals surface area (Å²) in [5.41, 5.74) is 0.364. The summed E-state index contributed by atoms with van der Waals surface area (Å²) in [7, 11) is -3.83. The van der Waals surface area contributed by atoms with Crippen LogP contribution in [0.3, 0.4) is 0 Å². The molecule has 3 heterocycles. The Morgan fingerprint density at radius 3 is 2.42 bits per heavy atom. The number of carbonyl (C=O) groups is 1. The summed E-state index contributed by atoms with van der Waals surface area (Å²) in [6.45, 7) is 5.80. The lowest BCUT2D eigenvalue weighted by atomic mass is 9.95. The Morgan fingerprint density at radius 1 is 1.03 bits per heavy atom. The lowest BCUT2D eigenvalue weighted by Crippen LogP contribution is -2.42. The van der Waals surface area contributed by atoms with Crippen LogP contribution in [0, 0.1) is 5.92 Å². The minimum atomic E-state index is -3.83. The molecule has 1 aromatic carbocycles. The smallest absolute Gasteiger partial charge is 0.253 e. The van der Waals surface area contributed by atoms with Crippen LogP contribution in [-0.2, 0) is 14.8 Å². The minimum Gasteiger partial charge on any atom is -0.377 e. The standard InChI is InChI=1S/C24H36ClN3O4S/c25-22-8-7-20(16-23(22)33(30,31)26-17-21-6-5-15-32-21)24(29)28-13-9-19(10-14-28)18-27-11-3-1-2-4-12-27/h7-8,16,19,21,26H,1-6,9-15,17-18H2. The number of rotatable bonds is 7. The predicted molar refractivity (Wildman–Crippen MR) is 129 cm³/mol. The van der Waals surface area contributed by atoms with Crippen molar-refractivity contribution in [3.63, 3.8) is 0 Å². The summed E-state index contributed by atoms with van der Waals surface area (Å²) in [5, 5.41) is 0.113. The number of carbonyl (C=O) groups excluding carboxylic acids is 1. The number of benzene rings is 1. The molecule has 3 aliphatic rings. The van der Waals surface area contributed by atoms with Gasteiger partial charge in [-0.1, -0.05) is 24.4 Å². The van der Waals surface area contributed by atoms with Crippen LogP contribution < -0.4 is 4.72 Å². The van der Waals surface area contributed by atoms with Crippen LogP contribution in [0.5, 0.6) is 0 Å². The maximum Gasteiger partial charge on any atom is 0.253 e. The van der Waals surface area contributed by atoms with E-state index in [1.165, 1.54) is 50.9 Å². The van der Waals surface area contributed by atoms with Crippen molar-refractivity contribution in [2.75, 3.05) is 45.9 Å². The van der Waals surface area contributed by atoms with E-state index in [-0.39, 0.29) is 28.5 Å². The third-order valence-electron chi connectivity index (χ3n) is 7.11. The highest BCUT2D eigenvalue weighted by molar-refractivity contribution is 7.89. The monoisotopic (exact) mass is 497 g/mol. The summed E-state index contributed by atoms with van der Waals surface area (Å²) in [6.07, 6.45) is 8.91. The molecule has 33 heavy (non-hydrogen) atoms. The Balaban J connectivity index is 1.34. The van der Waals surface area contributed by atoms with Gasteiger partial charge in [0.1, 0.15) is 4.90 Å². The number of likely N-dealkylation sites (tertiary alicyclic amines) is 2. The van der Waals surface area contributed by atoms with Crippen molar-refractivity contribution in [3.8, 4) is 0 Å². The van der Waals surface area contributed by atoms with E-state index in [1.807, 2.05) is 4.90 Å². The first-order valence-corrected chi connectivity index (χ1v) is 14.2. The Morgan fingerprint density at radius 2 is 1.76 bits per heavy atom. The molecule has 1 aromatic rings. The molecule has 3 fully saturated rings. The molecule has 3 aliphatic heterocycles. The van der Waals surface area contributed by atoms with Crippen molar-refractivity contribution >= 4 is 27.5 Å². The number of halogens is 1. The average Bonchev–Trinajstić information content (AvgIpc) is 3.21. The van der Waals surface area contributed by atoms with Gasteiger partial charge in [-0.25, -0.2) is 13.1 Å². The number of ether oxygens (including phenoxy) is 1. The number of nitrogens with zero attached hydrogens (tertiary/aromatic N) is 2. The Hall–Kier alpha value is -1.19. The zero-order chi connectivity index (χ0) is 23.3. The molecule has 4 rings (SSSR count). The van der Waals surface area contributed by atoms with Gasteiger partial charge < -0.3 is 14.5 Å². The van der Waals surface area contributed by atoms with Crippen LogP contribution in [-0.4, -0.2) is 76.1 Å². The van der Waals surface area contributed by atoms with Crippen LogP contribution in [0.1, 0.15) is 61.7 Å². The van der Waals surface area contributed by atoms with E-state index in [0.717, 1.165) is 32.2 Å². The first kappa shape index (κ1) is 24.9. The molecule has 1 unspecified atom stereocenters. The number of sulfonamides is 1. The fraction of sp³-hybridized carbons (Fsp3) is 0.708. The van der Waals surface area contributed by atoms with E-state index in [4.69, 9.17) is 16.3 Å². The molecule has 0 aromatic heterocycles. The molecular weight excluding hydrogens is 462 g/mol.